The third-order valence-corrected chi connectivity index (χ3v) is 1.77. The highest BCUT2D eigenvalue weighted by atomic mass is 19.1. The van der Waals surface area contributed by atoms with Gasteiger partial charge in [-0.05, 0) is 11.6 Å². The molecule has 88 valence electrons. The predicted molar refractivity (Wildman–Crippen MR) is 59.4 cm³/mol. The highest BCUT2D eigenvalue weighted by Crippen LogP contribution is 2.11. The van der Waals surface area contributed by atoms with Crippen molar-refractivity contribution in [3.8, 4) is 0 Å². The smallest absolute Gasteiger partial charge is 0.240 e. The lowest BCUT2D eigenvalue weighted by Crippen LogP contribution is -1.96. The topological polar surface area (TPSA) is 65.4 Å². The first kappa shape index (κ1) is 12.4. The molecule has 0 aliphatic rings. The maximum atomic E-state index is 13.3. The SMILES string of the molecule is CC.COCc1cc(F)c2nc(N)nn2c1. The first-order chi connectivity index (χ1) is 7.70. The van der Waals surface area contributed by atoms with Gasteiger partial charge in [0.1, 0.15) is 0 Å². The fourth-order valence-corrected chi connectivity index (χ4v) is 1.26. The largest absolute Gasteiger partial charge is 0.380 e. The van der Waals surface area contributed by atoms with Crippen molar-refractivity contribution in [2.24, 2.45) is 0 Å². The Hall–Kier alpha value is -1.69. The van der Waals surface area contributed by atoms with Crippen molar-refractivity contribution < 1.29 is 9.13 Å². The average molecular weight is 226 g/mol. The minimum Gasteiger partial charge on any atom is -0.380 e. The fourth-order valence-electron chi connectivity index (χ4n) is 1.26. The van der Waals surface area contributed by atoms with Crippen molar-refractivity contribution in [3.63, 3.8) is 0 Å². The fraction of sp³-hybridized carbons (Fsp3) is 0.400. The Balaban J connectivity index is 0.000000606. The van der Waals surface area contributed by atoms with Crippen molar-refractivity contribution in [1.82, 2.24) is 14.6 Å². The van der Waals surface area contributed by atoms with Crippen LogP contribution in [0.4, 0.5) is 10.3 Å². The molecule has 6 heteroatoms. The van der Waals surface area contributed by atoms with Gasteiger partial charge in [0.05, 0.1) is 6.61 Å². The van der Waals surface area contributed by atoms with Gasteiger partial charge in [0.2, 0.25) is 5.95 Å². The van der Waals surface area contributed by atoms with Crippen LogP contribution in [0.3, 0.4) is 0 Å². The maximum Gasteiger partial charge on any atom is 0.240 e. The number of hydrogen-bond acceptors (Lipinski definition) is 4. The van der Waals surface area contributed by atoms with Crippen LogP contribution in [0.15, 0.2) is 12.3 Å². The number of nitrogens with two attached hydrogens (primary N) is 1. The zero-order chi connectivity index (χ0) is 12.1. The summed E-state index contributed by atoms with van der Waals surface area (Å²) in [5.41, 5.74) is 6.15. The highest BCUT2D eigenvalue weighted by Gasteiger charge is 2.07. The Labute approximate surface area is 93.0 Å². The van der Waals surface area contributed by atoms with Gasteiger partial charge in [-0.2, -0.15) is 4.98 Å². The van der Waals surface area contributed by atoms with Crippen molar-refractivity contribution in [1.29, 1.82) is 0 Å². The van der Waals surface area contributed by atoms with E-state index in [9.17, 15) is 4.39 Å². The average Bonchev–Trinajstić information content (AvgIpc) is 2.63. The number of pyridine rings is 1. The maximum absolute atomic E-state index is 13.3. The number of methoxy groups -OCH3 is 1. The van der Waals surface area contributed by atoms with Gasteiger partial charge in [-0.3, -0.25) is 0 Å². The van der Waals surface area contributed by atoms with Gasteiger partial charge in [-0.25, -0.2) is 8.91 Å². The lowest BCUT2D eigenvalue weighted by atomic mass is 10.3. The van der Waals surface area contributed by atoms with Gasteiger partial charge in [-0.1, -0.05) is 13.8 Å². The molecule has 0 bridgehead atoms. The highest BCUT2D eigenvalue weighted by molar-refractivity contribution is 5.44. The van der Waals surface area contributed by atoms with E-state index in [0.29, 0.717) is 12.2 Å². The monoisotopic (exact) mass is 226 g/mol. The quantitative estimate of drug-likeness (QED) is 0.845. The molecule has 2 rings (SSSR count). The summed E-state index contributed by atoms with van der Waals surface area (Å²) < 4.78 is 19.5. The van der Waals surface area contributed by atoms with Crippen LogP contribution in [0.1, 0.15) is 19.4 Å². The zero-order valence-electron chi connectivity index (χ0n) is 9.57. The summed E-state index contributed by atoms with van der Waals surface area (Å²) in [5.74, 6) is -0.401. The number of nitrogens with zero attached hydrogens (tertiary/aromatic N) is 3. The first-order valence-electron chi connectivity index (χ1n) is 5.00. The molecule has 0 unspecified atom stereocenters. The summed E-state index contributed by atoms with van der Waals surface area (Å²) in [6.07, 6.45) is 1.63. The van der Waals surface area contributed by atoms with Gasteiger partial charge >= 0.3 is 0 Å². The molecule has 2 aromatic rings. The molecule has 16 heavy (non-hydrogen) atoms. The van der Waals surface area contributed by atoms with Gasteiger partial charge in [0.25, 0.3) is 0 Å². The van der Waals surface area contributed by atoms with E-state index in [1.165, 1.54) is 17.7 Å². The van der Waals surface area contributed by atoms with Gasteiger partial charge < -0.3 is 10.5 Å². The van der Waals surface area contributed by atoms with Crippen molar-refractivity contribution >= 4 is 11.6 Å². The van der Waals surface area contributed by atoms with Gasteiger partial charge in [-0.15, -0.1) is 5.10 Å². The second-order valence-electron chi connectivity index (χ2n) is 2.87. The Morgan fingerprint density at radius 2 is 2.19 bits per heavy atom. The molecule has 0 saturated carbocycles. The number of rotatable bonds is 2. The standard InChI is InChI=1S/C8H9FN4O.C2H6/c1-14-4-5-2-6(9)7-11-8(10)12-13(7)3-5;1-2/h2-3H,4H2,1H3,(H2,10,12);1-2H3. The van der Waals surface area contributed by atoms with Crippen LogP contribution in [0.5, 0.6) is 0 Å². The predicted octanol–water partition coefficient (Wildman–Crippen LogP) is 1.62. The molecule has 0 atom stereocenters. The molecule has 0 aliphatic carbocycles. The minimum absolute atomic E-state index is 0.0541. The number of aromatic nitrogens is 3. The van der Waals surface area contributed by atoms with Crippen LogP contribution < -0.4 is 5.73 Å². The molecule has 2 heterocycles. The number of anilines is 1. The second kappa shape index (κ2) is 5.41. The van der Waals surface area contributed by atoms with E-state index in [2.05, 4.69) is 10.1 Å². The van der Waals surface area contributed by atoms with E-state index >= 15 is 0 Å². The molecular weight excluding hydrogens is 211 g/mol. The summed E-state index contributed by atoms with van der Waals surface area (Å²) >= 11 is 0. The first-order valence-corrected chi connectivity index (χ1v) is 5.00. The number of fused-ring (bicyclic) bond motifs is 1. The van der Waals surface area contributed by atoms with Crippen LogP contribution in [-0.2, 0) is 11.3 Å². The number of nitrogen functional groups attached to an aromatic ring is 1. The van der Waals surface area contributed by atoms with E-state index < -0.39 is 5.82 Å². The third kappa shape index (κ3) is 2.46. The van der Waals surface area contributed by atoms with Crippen molar-refractivity contribution in [2.75, 3.05) is 12.8 Å². The van der Waals surface area contributed by atoms with Crippen molar-refractivity contribution in [3.05, 3.63) is 23.6 Å². The summed E-state index contributed by atoms with van der Waals surface area (Å²) in [4.78, 5) is 3.73. The van der Waals surface area contributed by atoms with Gasteiger partial charge in [0, 0.05) is 13.3 Å². The molecule has 2 N–H and O–H groups in total. The molecule has 0 aliphatic heterocycles. The number of ether oxygens (including phenoxy) is 1. The molecular formula is C10H15FN4O. The second-order valence-corrected chi connectivity index (χ2v) is 2.87. The van der Waals surface area contributed by atoms with Gasteiger partial charge in [0.15, 0.2) is 11.5 Å². The molecule has 0 aromatic carbocycles. The molecule has 0 radical (unpaired) electrons. The van der Waals surface area contributed by atoms with E-state index in [4.69, 9.17) is 10.5 Å². The lowest BCUT2D eigenvalue weighted by molar-refractivity contribution is 0.184. The Bertz CT molecular complexity index is 469. The number of halogens is 1. The molecule has 0 fully saturated rings. The Morgan fingerprint density at radius 3 is 2.81 bits per heavy atom. The minimum atomic E-state index is -0.455. The summed E-state index contributed by atoms with van der Waals surface area (Å²) in [7, 11) is 1.54. The molecule has 5 nitrogen and oxygen atoms in total. The molecule has 0 spiro atoms. The van der Waals surface area contributed by atoms with E-state index in [0.717, 1.165) is 0 Å². The number of hydrogen-bond donors (Lipinski definition) is 1. The van der Waals surface area contributed by atoms with Crippen LogP contribution >= 0.6 is 0 Å². The Morgan fingerprint density at radius 1 is 1.50 bits per heavy atom. The summed E-state index contributed by atoms with van der Waals surface area (Å²) in [6.45, 7) is 4.33. The molecule has 2 aromatic heterocycles. The lowest BCUT2D eigenvalue weighted by Gasteiger charge is -2.00. The van der Waals surface area contributed by atoms with E-state index in [1.807, 2.05) is 13.8 Å². The normalized spacial score (nSPS) is 10.0. The summed E-state index contributed by atoms with van der Waals surface area (Å²) in [5, 5.41) is 3.80. The van der Waals surface area contributed by atoms with Crippen LogP contribution in [0.2, 0.25) is 0 Å². The van der Waals surface area contributed by atoms with Crippen molar-refractivity contribution in [2.45, 2.75) is 20.5 Å². The Kier molecular flexibility index (Phi) is 4.19. The molecule has 0 saturated heterocycles. The summed E-state index contributed by atoms with van der Waals surface area (Å²) in [6, 6.07) is 1.35. The van der Waals surface area contributed by atoms with Crippen LogP contribution in [-0.4, -0.2) is 21.7 Å². The zero-order valence-corrected chi connectivity index (χ0v) is 9.57. The molecule has 0 amide bonds. The third-order valence-electron chi connectivity index (χ3n) is 1.77. The van der Waals surface area contributed by atoms with Crippen LogP contribution in [0, 0.1) is 5.82 Å². The van der Waals surface area contributed by atoms with Crippen LogP contribution in [0.25, 0.3) is 5.65 Å². The van der Waals surface area contributed by atoms with E-state index in [1.54, 1.807) is 6.20 Å². The van der Waals surface area contributed by atoms with E-state index in [-0.39, 0.29) is 11.6 Å².